The van der Waals surface area contributed by atoms with Crippen LogP contribution in [0, 0.1) is 0 Å². The Morgan fingerprint density at radius 3 is 3.00 bits per heavy atom. The zero-order chi connectivity index (χ0) is 15.4. The molecule has 22 heavy (non-hydrogen) atoms. The molecule has 0 fully saturated rings. The minimum absolute atomic E-state index is 0.346. The van der Waals surface area contributed by atoms with Crippen LogP contribution in [0.25, 0.3) is 5.52 Å². The van der Waals surface area contributed by atoms with Gasteiger partial charge in [0.15, 0.2) is 10.9 Å². The van der Waals surface area contributed by atoms with Crippen molar-refractivity contribution in [3.05, 3.63) is 48.5 Å². The van der Waals surface area contributed by atoms with Crippen molar-refractivity contribution in [1.82, 2.24) is 19.2 Å². The van der Waals surface area contributed by atoms with Crippen molar-refractivity contribution in [2.75, 3.05) is 12.9 Å². The van der Waals surface area contributed by atoms with Crippen LogP contribution in [0.1, 0.15) is 16.9 Å². The number of nitrogens with zero attached hydrogens (tertiary/aromatic N) is 4. The van der Waals surface area contributed by atoms with Crippen LogP contribution in [-0.4, -0.2) is 38.0 Å². The van der Waals surface area contributed by atoms with Crippen molar-refractivity contribution in [3.8, 4) is 0 Å². The van der Waals surface area contributed by atoms with Crippen molar-refractivity contribution >= 4 is 23.2 Å². The lowest BCUT2D eigenvalue weighted by atomic mass is 10.3. The smallest absolute Gasteiger partial charge is 0.359 e. The van der Waals surface area contributed by atoms with Crippen LogP contribution < -0.4 is 0 Å². The second kappa shape index (κ2) is 6.65. The topological polar surface area (TPSA) is 61.4 Å². The van der Waals surface area contributed by atoms with Crippen molar-refractivity contribution in [2.45, 2.75) is 18.1 Å². The number of aromatic nitrogens is 4. The molecule has 0 N–H and O–H groups in total. The number of thioether (sulfide) groups is 1. The molecule has 0 aliphatic heterocycles. The van der Waals surface area contributed by atoms with Crippen LogP contribution in [-0.2, 0) is 11.3 Å². The van der Waals surface area contributed by atoms with E-state index in [-0.39, 0.29) is 5.97 Å². The molecule has 0 bridgehead atoms. The number of pyridine rings is 1. The van der Waals surface area contributed by atoms with E-state index in [2.05, 4.69) is 10.1 Å². The minimum atomic E-state index is -0.385. The van der Waals surface area contributed by atoms with E-state index in [1.165, 1.54) is 11.8 Å². The van der Waals surface area contributed by atoms with Crippen molar-refractivity contribution < 1.29 is 9.53 Å². The Labute approximate surface area is 132 Å². The van der Waals surface area contributed by atoms with Crippen LogP contribution >= 0.6 is 11.8 Å². The summed E-state index contributed by atoms with van der Waals surface area (Å²) in [6, 6.07) is 7.53. The second-order valence-electron chi connectivity index (χ2n) is 4.66. The minimum Gasteiger partial charge on any atom is -0.461 e. The molecule has 3 rings (SSSR count). The average Bonchev–Trinajstić information content (AvgIpc) is 3.18. The van der Waals surface area contributed by atoms with Gasteiger partial charge in [0.2, 0.25) is 0 Å². The second-order valence-corrected chi connectivity index (χ2v) is 5.43. The molecule has 0 aliphatic rings. The maximum atomic E-state index is 12.2. The summed E-state index contributed by atoms with van der Waals surface area (Å²) in [7, 11) is 0. The van der Waals surface area contributed by atoms with Gasteiger partial charge in [-0.2, -0.15) is 5.10 Å². The number of ether oxygens (including phenoxy) is 1. The quantitative estimate of drug-likeness (QED) is 0.397. The molecule has 0 unspecified atom stereocenters. The van der Waals surface area contributed by atoms with E-state index < -0.39 is 0 Å². The molecule has 0 aliphatic carbocycles. The molecule has 3 aromatic heterocycles. The van der Waals surface area contributed by atoms with Crippen LogP contribution in [0.15, 0.2) is 48.0 Å². The van der Waals surface area contributed by atoms with Crippen LogP contribution in [0.5, 0.6) is 0 Å². The SMILES string of the molecule is CSc1nc(C(=O)OCCCn2cccn2)c2ccccn12. The summed E-state index contributed by atoms with van der Waals surface area (Å²) in [5, 5.41) is 4.88. The number of esters is 1. The van der Waals surface area contributed by atoms with Gasteiger partial charge in [-0.25, -0.2) is 9.78 Å². The van der Waals surface area contributed by atoms with Gasteiger partial charge in [-0.3, -0.25) is 9.08 Å². The fourth-order valence-electron chi connectivity index (χ4n) is 2.20. The molecule has 3 aromatic rings. The number of hydrogen-bond acceptors (Lipinski definition) is 5. The highest BCUT2D eigenvalue weighted by Gasteiger charge is 2.17. The molecule has 0 atom stereocenters. The molecule has 7 heteroatoms. The Morgan fingerprint density at radius 2 is 2.23 bits per heavy atom. The molecule has 114 valence electrons. The molecule has 0 aromatic carbocycles. The lowest BCUT2D eigenvalue weighted by Crippen LogP contribution is -2.09. The predicted octanol–water partition coefficient (Wildman–Crippen LogP) is 2.50. The van der Waals surface area contributed by atoms with Crippen LogP contribution in [0.4, 0.5) is 0 Å². The van der Waals surface area contributed by atoms with Crippen molar-refractivity contribution in [3.63, 3.8) is 0 Å². The summed E-state index contributed by atoms with van der Waals surface area (Å²) in [6.45, 7) is 1.07. The fraction of sp³-hybridized carbons (Fsp3) is 0.267. The van der Waals surface area contributed by atoms with Crippen molar-refractivity contribution in [1.29, 1.82) is 0 Å². The molecule has 3 heterocycles. The highest BCUT2D eigenvalue weighted by Crippen LogP contribution is 2.20. The van der Waals surface area contributed by atoms with E-state index in [0.29, 0.717) is 18.7 Å². The van der Waals surface area contributed by atoms with Gasteiger partial charge in [0.25, 0.3) is 0 Å². The fourth-order valence-corrected chi connectivity index (χ4v) is 2.73. The Bertz CT molecular complexity index is 767. The molecular formula is C15H16N4O2S. The summed E-state index contributed by atoms with van der Waals surface area (Å²) in [5.74, 6) is -0.385. The maximum Gasteiger partial charge on any atom is 0.359 e. The maximum absolute atomic E-state index is 12.2. The van der Waals surface area contributed by atoms with E-state index >= 15 is 0 Å². The Kier molecular flexibility index (Phi) is 4.43. The predicted molar refractivity (Wildman–Crippen MR) is 84.1 cm³/mol. The van der Waals surface area contributed by atoms with Crippen LogP contribution in [0.3, 0.4) is 0 Å². The monoisotopic (exact) mass is 316 g/mol. The summed E-state index contributed by atoms with van der Waals surface area (Å²) in [5.41, 5.74) is 1.13. The molecule has 6 nitrogen and oxygen atoms in total. The number of carbonyl (C=O) groups excluding carboxylic acids is 1. The van der Waals surface area contributed by atoms with Gasteiger partial charge in [-0.05, 0) is 24.5 Å². The zero-order valence-electron chi connectivity index (χ0n) is 12.2. The largest absolute Gasteiger partial charge is 0.461 e. The van der Waals surface area contributed by atoms with Gasteiger partial charge in [0.05, 0.1) is 12.1 Å². The third-order valence-electron chi connectivity index (χ3n) is 3.22. The van der Waals surface area contributed by atoms with Gasteiger partial charge in [-0.15, -0.1) is 0 Å². The molecule has 0 radical (unpaired) electrons. The number of aryl methyl sites for hydroxylation is 1. The Hall–Kier alpha value is -2.28. The van der Waals surface area contributed by atoms with Gasteiger partial charge in [0, 0.05) is 31.6 Å². The van der Waals surface area contributed by atoms with Gasteiger partial charge in [0.1, 0.15) is 0 Å². The number of rotatable bonds is 6. The summed E-state index contributed by atoms with van der Waals surface area (Å²) < 4.78 is 9.03. The first kappa shape index (κ1) is 14.6. The zero-order valence-corrected chi connectivity index (χ0v) is 13.0. The van der Waals surface area contributed by atoms with Crippen molar-refractivity contribution in [2.24, 2.45) is 0 Å². The first-order valence-electron chi connectivity index (χ1n) is 6.95. The van der Waals surface area contributed by atoms with E-state index in [0.717, 1.165) is 17.2 Å². The van der Waals surface area contributed by atoms with E-state index in [1.807, 2.05) is 52.0 Å². The van der Waals surface area contributed by atoms with E-state index in [9.17, 15) is 4.79 Å². The lowest BCUT2D eigenvalue weighted by molar-refractivity contribution is 0.0490. The highest BCUT2D eigenvalue weighted by atomic mass is 32.2. The molecule has 0 saturated carbocycles. The Morgan fingerprint density at radius 1 is 1.32 bits per heavy atom. The third-order valence-corrected chi connectivity index (χ3v) is 3.87. The average molecular weight is 316 g/mol. The van der Waals surface area contributed by atoms with Gasteiger partial charge in [-0.1, -0.05) is 17.8 Å². The van der Waals surface area contributed by atoms with E-state index in [4.69, 9.17) is 4.74 Å². The standard InChI is InChI=1S/C15H16N4O2S/c1-22-15-17-13(12-6-2-3-10-19(12)15)14(20)21-11-5-9-18-8-4-7-16-18/h2-4,6-8,10H,5,9,11H2,1H3. The van der Waals surface area contributed by atoms with Crippen LogP contribution in [0.2, 0.25) is 0 Å². The first-order chi connectivity index (χ1) is 10.8. The normalized spacial score (nSPS) is 11.0. The lowest BCUT2D eigenvalue weighted by Gasteiger charge is -2.04. The summed E-state index contributed by atoms with van der Waals surface area (Å²) >= 11 is 1.50. The third kappa shape index (κ3) is 2.99. The van der Waals surface area contributed by atoms with Gasteiger partial charge >= 0.3 is 5.97 Å². The molecule has 0 saturated heterocycles. The Balaban J connectivity index is 1.65. The number of carbonyl (C=O) groups is 1. The van der Waals surface area contributed by atoms with Gasteiger partial charge < -0.3 is 4.74 Å². The highest BCUT2D eigenvalue weighted by molar-refractivity contribution is 7.98. The number of fused-ring (bicyclic) bond motifs is 1. The molecule has 0 spiro atoms. The molecule has 0 amide bonds. The van der Waals surface area contributed by atoms with E-state index in [1.54, 1.807) is 6.20 Å². The number of imidazole rings is 1. The molecular weight excluding hydrogens is 300 g/mol. The summed E-state index contributed by atoms with van der Waals surface area (Å²) in [4.78, 5) is 16.6. The summed E-state index contributed by atoms with van der Waals surface area (Å²) in [6.07, 6.45) is 8.15. The number of hydrogen-bond donors (Lipinski definition) is 0. The first-order valence-corrected chi connectivity index (χ1v) is 8.17.